The van der Waals surface area contributed by atoms with Gasteiger partial charge < -0.3 is 14.6 Å². The van der Waals surface area contributed by atoms with Crippen LogP contribution in [0.25, 0.3) is 10.9 Å². The molecule has 30 heavy (non-hydrogen) atoms. The predicted molar refractivity (Wildman–Crippen MR) is 113 cm³/mol. The van der Waals surface area contributed by atoms with Gasteiger partial charge in [0, 0.05) is 42.8 Å². The number of Topliss-reactive ketones (excluding diaryl/α,β-unsaturated/α-hetero) is 1. The van der Waals surface area contributed by atoms with Crippen LogP contribution < -0.4 is 4.74 Å². The fourth-order valence-corrected chi connectivity index (χ4v) is 3.78. The number of hydrogen-bond donors (Lipinski definition) is 1. The molecule has 0 radical (unpaired) electrons. The molecule has 0 saturated carbocycles. The van der Waals surface area contributed by atoms with E-state index in [1.807, 2.05) is 23.0 Å². The minimum Gasteiger partial charge on any atom is -0.496 e. The smallest absolute Gasteiger partial charge is 0.185 e. The number of carbonyl (C=O) groups is 1. The van der Waals surface area contributed by atoms with Crippen LogP contribution in [0.5, 0.6) is 5.75 Å². The van der Waals surface area contributed by atoms with Crippen molar-refractivity contribution in [2.75, 3.05) is 20.3 Å². The lowest BCUT2D eigenvalue weighted by molar-refractivity contribution is 0.0664. The lowest BCUT2D eigenvalue weighted by Gasteiger charge is -2.22. The summed E-state index contributed by atoms with van der Waals surface area (Å²) in [5.41, 5.74) is 1.32. The van der Waals surface area contributed by atoms with E-state index in [0.29, 0.717) is 23.2 Å². The number of pyridine rings is 1. The molecule has 0 bridgehead atoms. The Labute approximate surface area is 175 Å². The van der Waals surface area contributed by atoms with Gasteiger partial charge >= 0.3 is 0 Å². The first kappa shape index (κ1) is 20.5. The standard InChI is InChI=1S/C23H27N3O4/c1-23(2,28)22-6-4-5-18(24-22)20(27)12-15-11-16-14-26(17-7-9-30-10-8-17)25-19(16)13-21(15)29-3/h4-6,11,13-14,17,28H,7-10,12H2,1-3H3. The van der Waals surface area contributed by atoms with E-state index in [2.05, 4.69) is 4.98 Å². The van der Waals surface area contributed by atoms with Gasteiger partial charge in [-0.3, -0.25) is 9.48 Å². The Bertz CT molecular complexity index is 1060. The van der Waals surface area contributed by atoms with Gasteiger partial charge in [-0.25, -0.2) is 4.98 Å². The fraction of sp³-hybridized carbons (Fsp3) is 0.435. The average Bonchev–Trinajstić information content (AvgIpc) is 3.16. The molecule has 158 valence electrons. The summed E-state index contributed by atoms with van der Waals surface area (Å²) < 4.78 is 13.0. The largest absolute Gasteiger partial charge is 0.496 e. The molecule has 0 aliphatic carbocycles. The second kappa shape index (κ2) is 8.16. The van der Waals surface area contributed by atoms with Crippen LogP contribution in [0.15, 0.2) is 36.5 Å². The van der Waals surface area contributed by atoms with E-state index in [4.69, 9.17) is 14.6 Å². The number of methoxy groups -OCH3 is 1. The molecule has 7 nitrogen and oxygen atoms in total. The topological polar surface area (TPSA) is 86.5 Å². The molecular weight excluding hydrogens is 382 g/mol. The molecule has 1 aliphatic heterocycles. The number of aromatic nitrogens is 3. The molecule has 0 amide bonds. The summed E-state index contributed by atoms with van der Waals surface area (Å²) in [6.07, 6.45) is 4.08. The van der Waals surface area contributed by atoms with Gasteiger partial charge in [-0.1, -0.05) is 6.07 Å². The first-order chi connectivity index (χ1) is 14.3. The highest BCUT2D eigenvalue weighted by atomic mass is 16.5. The zero-order valence-electron chi connectivity index (χ0n) is 17.6. The minimum atomic E-state index is -1.11. The summed E-state index contributed by atoms with van der Waals surface area (Å²) in [5.74, 6) is 0.502. The lowest BCUT2D eigenvalue weighted by atomic mass is 10.0. The van der Waals surface area contributed by atoms with Crippen molar-refractivity contribution in [3.8, 4) is 5.75 Å². The number of rotatable bonds is 6. The summed E-state index contributed by atoms with van der Waals surface area (Å²) in [4.78, 5) is 17.3. The molecule has 1 aromatic carbocycles. The molecule has 1 saturated heterocycles. The predicted octanol–water partition coefficient (Wildman–Crippen LogP) is 3.44. The van der Waals surface area contributed by atoms with Crippen molar-refractivity contribution in [3.05, 3.63) is 53.5 Å². The van der Waals surface area contributed by atoms with Crippen LogP contribution in [0.4, 0.5) is 0 Å². The van der Waals surface area contributed by atoms with Gasteiger partial charge in [0.1, 0.15) is 17.0 Å². The van der Waals surface area contributed by atoms with E-state index >= 15 is 0 Å². The zero-order valence-corrected chi connectivity index (χ0v) is 17.6. The van der Waals surface area contributed by atoms with Crippen LogP contribution in [-0.4, -0.2) is 46.0 Å². The van der Waals surface area contributed by atoms with Crippen LogP contribution in [0.3, 0.4) is 0 Å². The number of hydrogen-bond acceptors (Lipinski definition) is 6. The third-order valence-electron chi connectivity index (χ3n) is 5.50. The zero-order chi connectivity index (χ0) is 21.3. The van der Waals surface area contributed by atoms with Crippen LogP contribution in [-0.2, 0) is 16.8 Å². The molecule has 0 unspecified atom stereocenters. The number of nitrogens with zero attached hydrogens (tertiary/aromatic N) is 3. The van der Waals surface area contributed by atoms with Crippen molar-refractivity contribution >= 4 is 16.7 Å². The summed E-state index contributed by atoms with van der Waals surface area (Å²) in [6.45, 7) is 4.80. The normalized spacial score (nSPS) is 15.5. The van der Waals surface area contributed by atoms with E-state index < -0.39 is 5.60 Å². The van der Waals surface area contributed by atoms with Crippen molar-refractivity contribution in [2.24, 2.45) is 0 Å². The maximum absolute atomic E-state index is 12.9. The molecule has 4 rings (SSSR count). The van der Waals surface area contributed by atoms with Gasteiger partial charge in [0.05, 0.1) is 24.4 Å². The number of carbonyl (C=O) groups excluding carboxylic acids is 1. The highest BCUT2D eigenvalue weighted by Crippen LogP contribution is 2.29. The Hall–Kier alpha value is -2.77. The highest BCUT2D eigenvalue weighted by molar-refractivity contribution is 5.97. The first-order valence-electron chi connectivity index (χ1n) is 10.2. The van der Waals surface area contributed by atoms with E-state index in [1.54, 1.807) is 39.2 Å². The summed E-state index contributed by atoms with van der Waals surface area (Å²) >= 11 is 0. The van der Waals surface area contributed by atoms with Gasteiger partial charge in [0.15, 0.2) is 5.78 Å². The van der Waals surface area contributed by atoms with Crippen molar-refractivity contribution in [1.82, 2.24) is 14.8 Å². The first-order valence-corrected chi connectivity index (χ1v) is 10.2. The van der Waals surface area contributed by atoms with Gasteiger partial charge in [-0.15, -0.1) is 0 Å². The molecule has 1 aliphatic rings. The number of ether oxygens (including phenoxy) is 2. The quantitative estimate of drug-likeness (QED) is 0.628. The van der Waals surface area contributed by atoms with Crippen LogP contribution in [0.2, 0.25) is 0 Å². The maximum Gasteiger partial charge on any atom is 0.185 e. The molecule has 1 N–H and O–H groups in total. The van der Waals surface area contributed by atoms with Gasteiger partial charge in [0.25, 0.3) is 0 Å². The van der Waals surface area contributed by atoms with Crippen LogP contribution in [0, 0.1) is 0 Å². The number of ketones is 1. The Morgan fingerprint density at radius 3 is 2.77 bits per heavy atom. The summed E-state index contributed by atoms with van der Waals surface area (Å²) in [5, 5.41) is 15.9. The third kappa shape index (κ3) is 4.22. The second-order valence-corrected chi connectivity index (χ2v) is 8.24. The molecule has 0 atom stereocenters. The van der Waals surface area contributed by atoms with E-state index in [0.717, 1.165) is 42.5 Å². The minimum absolute atomic E-state index is 0.129. The molecule has 7 heteroatoms. The van der Waals surface area contributed by atoms with Gasteiger partial charge in [-0.05, 0) is 44.9 Å². The molecule has 1 fully saturated rings. The monoisotopic (exact) mass is 409 g/mol. The van der Waals surface area contributed by atoms with E-state index in [9.17, 15) is 9.90 Å². The molecule has 0 spiro atoms. The third-order valence-corrected chi connectivity index (χ3v) is 5.50. The molecular formula is C23H27N3O4. The molecule has 3 aromatic rings. The van der Waals surface area contributed by atoms with Crippen molar-refractivity contribution < 1.29 is 19.4 Å². The average molecular weight is 409 g/mol. The van der Waals surface area contributed by atoms with Crippen LogP contribution >= 0.6 is 0 Å². The SMILES string of the molecule is COc1cc2nn(C3CCOCC3)cc2cc1CC(=O)c1cccc(C(C)(C)O)n1. The Kier molecular flexibility index (Phi) is 5.58. The number of aliphatic hydroxyl groups is 1. The van der Waals surface area contributed by atoms with Crippen molar-refractivity contribution in [2.45, 2.75) is 44.8 Å². The fourth-order valence-electron chi connectivity index (χ4n) is 3.78. The van der Waals surface area contributed by atoms with E-state index in [-0.39, 0.29) is 12.2 Å². The van der Waals surface area contributed by atoms with E-state index in [1.165, 1.54) is 0 Å². The summed E-state index contributed by atoms with van der Waals surface area (Å²) in [7, 11) is 1.60. The number of fused-ring (bicyclic) bond motifs is 1. The number of benzene rings is 1. The van der Waals surface area contributed by atoms with Crippen LogP contribution in [0.1, 0.15) is 54.5 Å². The lowest BCUT2D eigenvalue weighted by Crippen LogP contribution is -2.19. The van der Waals surface area contributed by atoms with Crippen molar-refractivity contribution in [3.63, 3.8) is 0 Å². The Morgan fingerprint density at radius 1 is 1.30 bits per heavy atom. The van der Waals surface area contributed by atoms with Gasteiger partial charge in [-0.2, -0.15) is 5.10 Å². The van der Waals surface area contributed by atoms with Crippen molar-refractivity contribution in [1.29, 1.82) is 0 Å². The summed E-state index contributed by atoms with van der Waals surface area (Å²) in [6, 6.07) is 9.31. The molecule has 3 heterocycles. The Morgan fingerprint density at radius 2 is 2.07 bits per heavy atom. The molecule has 2 aromatic heterocycles. The van der Waals surface area contributed by atoms with Gasteiger partial charge in [0.2, 0.25) is 0 Å². The second-order valence-electron chi connectivity index (χ2n) is 8.24. The Balaban J connectivity index is 1.62. The maximum atomic E-state index is 12.9. The highest BCUT2D eigenvalue weighted by Gasteiger charge is 2.21.